The Morgan fingerprint density at radius 1 is 1.29 bits per heavy atom. The van der Waals surface area contributed by atoms with E-state index in [-0.39, 0.29) is 17.4 Å². The molecule has 2 atom stereocenters. The lowest BCUT2D eigenvalue weighted by molar-refractivity contribution is -0.0337. The Morgan fingerprint density at radius 2 is 1.86 bits per heavy atom. The first-order valence-corrected chi connectivity index (χ1v) is 8.46. The molecule has 2 nitrogen and oxygen atoms in total. The third kappa shape index (κ3) is 3.13. The van der Waals surface area contributed by atoms with Crippen LogP contribution < -0.4 is 5.73 Å². The molecule has 1 aliphatic carbocycles. The standard InChI is InChI=1S/C18H28ClNO/c1-4-18(21,13(2)3)12-16(20)17(10-5-11-17)14-6-8-15(19)9-7-14/h6-9,13,16,21H,4-5,10-12,20H2,1-3H3. The van der Waals surface area contributed by atoms with Crippen LogP contribution in [0.4, 0.5) is 0 Å². The molecule has 0 aliphatic heterocycles. The summed E-state index contributed by atoms with van der Waals surface area (Å²) in [5.41, 5.74) is 7.21. The Labute approximate surface area is 133 Å². The highest BCUT2D eigenvalue weighted by Crippen LogP contribution is 2.48. The monoisotopic (exact) mass is 309 g/mol. The molecular formula is C18H28ClNO. The highest BCUT2D eigenvalue weighted by Gasteiger charge is 2.46. The summed E-state index contributed by atoms with van der Waals surface area (Å²) in [6.45, 7) is 6.19. The molecule has 1 aliphatic rings. The van der Waals surface area contributed by atoms with Gasteiger partial charge in [0.05, 0.1) is 5.60 Å². The maximum absolute atomic E-state index is 10.8. The second-order valence-corrected chi connectivity index (χ2v) is 7.38. The predicted molar refractivity (Wildman–Crippen MR) is 89.7 cm³/mol. The molecule has 1 aromatic rings. The predicted octanol–water partition coefficient (Wildman–Crippen LogP) is 4.28. The molecule has 0 radical (unpaired) electrons. The van der Waals surface area contributed by atoms with Gasteiger partial charge in [-0.15, -0.1) is 0 Å². The Hall–Kier alpha value is -0.570. The maximum atomic E-state index is 10.8. The lowest BCUT2D eigenvalue weighted by Crippen LogP contribution is -2.54. The highest BCUT2D eigenvalue weighted by atomic mass is 35.5. The Balaban J connectivity index is 2.22. The summed E-state index contributed by atoms with van der Waals surface area (Å²) in [7, 11) is 0. The minimum atomic E-state index is -0.672. The van der Waals surface area contributed by atoms with Crippen molar-refractivity contribution in [1.29, 1.82) is 0 Å². The van der Waals surface area contributed by atoms with Crippen molar-refractivity contribution in [3.63, 3.8) is 0 Å². The van der Waals surface area contributed by atoms with E-state index >= 15 is 0 Å². The average molecular weight is 310 g/mol. The zero-order valence-corrected chi connectivity index (χ0v) is 14.2. The van der Waals surface area contributed by atoms with Crippen molar-refractivity contribution in [2.45, 2.75) is 69.9 Å². The van der Waals surface area contributed by atoms with Crippen LogP contribution in [0.25, 0.3) is 0 Å². The van der Waals surface area contributed by atoms with Crippen LogP contribution in [0.2, 0.25) is 5.02 Å². The fourth-order valence-electron chi connectivity index (χ4n) is 3.58. The molecule has 2 rings (SSSR count). The van der Waals surface area contributed by atoms with Gasteiger partial charge in [-0.05, 0) is 49.3 Å². The van der Waals surface area contributed by atoms with Crippen LogP contribution in [-0.4, -0.2) is 16.7 Å². The third-order valence-electron chi connectivity index (χ3n) is 5.64. The molecule has 0 amide bonds. The van der Waals surface area contributed by atoms with Crippen molar-refractivity contribution in [2.24, 2.45) is 11.7 Å². The zero-order chi connectivity index (χ0) is 15.7. The van der Waals surface area contributed by atoms with E-state index in [0.29, 0.717) is 6.42 Å². The summed E-state index contributed by atoms with van der Waals surface area (Å²) >= 11 is 6.00. The van der Waals surface area contributed by atoms with Gasteiger partial charge in [-0.3, -0.25) is 0 Å². The number of nitrogens with two attached hydrogens (primary N) is 1. The molecule has 1 fully saturated rings. The van der Waals surface area contributed by atoms with Gasteiger partial charge in [0.15, 0.2) is 0 Å². The topological polar surface area (TPSA) is 46.2 Å². The third-order valence-corrected chi connectivity index (χ3v) is 5.89. The van der Waals surface area contributed by atoms with Crippen molar-refractivity contribution in [2.75, 3.05) is 0 Å². The van der Waals surface area contributed by atoms with Gasteiger partial charge >= 0.3 is 0 Å². The quantitative estimate of drug-likeness (QED) is 0.824. The summed E-state index contributed by atoms with van der Waals surface area (Å²) < 4.78 is 0. The van der Waals surface area contributed by atoms with Crippen LogP contribution >= 0.6 is 11.6 Å². The Bertz CT molecular complexity index is 467. The molecule has 21 heavy (non-hydrogen) atoms. The molecule has 3 N–H and O–H groups in total. The van der Waals surface area contributed by atoms with Crippen molar-refractivity contribution in [3.8, 4) is 0 Å². The fraction of sp³-hybridized carbons (Fsp3) is 0.667. The lowest BCUT2D eigenvalue weighted by atomic mass is 9.58. The smallest absolute Gasteiger partial charge is 0.0683 e. The molecule has 3 heteroatoms. The number of halogens is 1. The molecule has 0 aromatic heterocycles. The van der Waals surface area contributed by atoms with Crippen LogP contribution in [-0.2, 0) is 5.41 Å². The largest absolute Gasteiger partial charge is 0.390 e. The van der Waals surface area contributed by atoms with E-state index < -0.39 is 5.60 Å². The normalized spacial score (nSPS) is 21.7. The van der Waals surface area contributed by atoms with Crippen molar-refractivity contribution >= 4 is 11.6 Å². The minimum Gasteiger partial charge on any atom is -0.390 e. The van der Waals surface area contributed by atoms with Gasteiger partial charge < -0.3 is 10.8 Å². The van der Waals surface area contributed by atoms with E-state index in [1.165, 1.54) is 12.0 Å². The molecule has 1 saturated carbocycles. The van der Waals surface area contributed by atoms with Gasteiger partial charge in [-0.2, -0.15) is 0 Å². The van der Waals surface area contributed by atoms with E-state index in [1.807, 2.05) is 19.1 Å². The van der Waals surface area contributed by atoms with E-state index in [1.54, 1.807) is 0 Å². The summed E-state index contributed by atoms with van der Waals surface area (Å²) in [5.74, 6) is 0.218. The van der Waals surface area contributed by atoms with Crippen LogP contribution in [0.3, 0.4) is 0 Å². The van der Waals surface area contributed by atoms with Gasteiger partial charge in [-0.25, -0.2) is 0 Å². The van der Waals surface area contributed by atoms with Crippen molar-refractivity contribution in [3.05, 3.63) is 34.9 Å². The number of benzene rings is 1. The molecule has 118 valence electrons. The van der Waals surface area contributed by atoms with E-state index in [9.17, 15) is 5.11 Å². The van der Waals surface area contributed by atoms with Crippen LogP contribution in [0.15, 0.2) is 24.3 Å². The zero-order valence-electron chi connectivity index (χ0n) is 13.4. The number of aliphatic hydroxyl groups is 1. The first kappa shape index (κ1) is 16.8. The molecule has 1 aromatic carbocycles. The van der Waals surface area contributed by atoms with Crippen molar-refractivity contribution in [1.82, 2.24) is 0 Å². The number of hydrogen-bond acceptors (Lipinski definition) is 2. The summed E-state index contributed by atoms with van der Waals surface area (Å²) in [6.07, 6.45) is 4.82. The van der Waals surface area contributed by atoms with Crippen LogP contribution in [0.5, 0.6) is 0 Å². The van der Waals surface area contributed by atoms with E-state index in [2.05, 4.69) is 26.0 Å². The Kier molecular flexibility index (Phi) is 5.02. The van der Waals surface area contributed by atoms with Crippen LogP contribution in [0.1, 0.15) is 58.4 Å². The highest BCUT2D eigenvalue weighted by molar-refractivity contribution is 6.30. The molecule has 0 bridgehead atoms. The van der Waals surface area contributed by atoms with Gasteiger partial charge in [-0.1, -0.05) is 50.9 Å². The summed E-state index contributed by atoms with van der Waals surface area (Å²) in [5, 5.41) is 11.6. The number of hydrogen-bond donors (Lipinski definition) is 2. The molecular weight excluding hydrogens is 282 g/mol. The number of rotatable bonds is 6. The van der Waals surface area contributed by atoms with Gasteiger partial charge in [0.25, 0.3) is 0 Å². The Morgan fingerprint density at radius 3 is 2.24 bits per heavy atom. The van der Waals surface area contributed by atoms with Gasteiger partial charge in [0, 0.05) is 16.5 Å². The van der Waals surface area contributed by atoms with E-state index in [4.69, 9.17) is 17.3 Å². The molecule has 0 saturated heterocycles. The summed E-state index contributed by atoms with van der Waals surface area (Å²) in [4.78, 5) is 0. The average Bonchev–Trinajstić information content (AvgIpc) is 2.39. The first-order chi connectivity index (χ1) is 9.84. The maximum Gasteiger partial charge on any atom is 0.0683 e. The molecule has 0 spiro atoms. The van der Waals surface area contributed by atoms with Gasteiger partial charge in [0.2, 0.25) is 0 Å². The van der Waals surface area contributed by atoms with E-state index in [0.717, 1.165) is 24.3 Å². The van der Waals surface area contributed by atoms with Crippen LogP contribution in [0, 0.1) is 5.92 Å². The molecule has 0 heterocycles. The SMILES string of the molecule is CCC(O)(CC(N)C1(c2ccc(Cl)cc2)CCC1)C(C)C. The summed E-state index contributed by atoms with van der Waals surface area (Å²) in [6, 6.07) is 8.07. The lowest BCUT2D eigenvalue weighted by Gasteiger charge is -2.49. The van der Waals surface area contributed by atoms with Crippen molar-refractivity contribution < 1.29 is 5.11 Å². The van der Waals surface area contributed by atoms with Gasteiger partial charge in [0.1, 0.15) is 0 Å². The molecule has 2 unspecified atom stereocenters. The second-order valence-electron chi connectivity index (χ2n) is 6.94. The minimum absolute atomic E-state index is 0.0141. The first-order valence-electron chi connectivity index (χ1n) is 8.08. The second kappa shape index (κ2) is 6.28. The fourth-order valence-corrected chi connectivity index (χ4v) is 3.70.